The number of hydrogen-bond acceptors (Lipinski definition) is 3. The standard InChI is InChI=1S/C22H21F6NO3S.CH4/c1-20(2,33(31,32)18-5-3-4-16(12-18)22(26,27)28)15-10-11-29(19(30)13-15)17-8-6-14(7-9-17)21(23,24)25;/h3-9,12,15H,10-11,13H2,1-2H3;1H4/t15-;/m0./s1. The molecule has 1 amide bonds. The number of carbonyl (C=O) groups excluding carboxylic acids is 1. The number of amides is 1. The Labute approximate surface area is 194 Å². The summed E-state index contributed by atoms with van der Waals surface area (Å²) in [5.41, 5.74) is -1.69. The van der Waals surface area contributed by atoms with E-state index in [1.165, 1.54) is 30.9 Å². The molecule has 1 aliphatic rings. The highest BCUT2D eigenvalue weighted by atomic mass is 32.2. The van der Waals surface area contributed by atoms with E-state index >= 15 is 0 Å². The van der Waals surface area contributed by atoms with Crippen molar-refractivity contribution in [3.8, 4) is 0 Å². The van der Waals surface area contributed by atoms with Crippen LogP contribution in [0.15, 0.2) is 53.4 Å². The molecule has 188 valence electrons. The predicted molar refractivity (Wildman–Crippen MR) is 116 cm³/mol. The molecule has 34 heavy (non-hydrogen) atoms. The molecule has 4 nitrogen and oxygen atoms in total. The van der Waals surface area contributed by atoms with Crippen molar-refractivity contribution in [2.75, 3.05) is 11.4 Å². The van der Waals surface area contributed by atoms with E-state index in [1.807, 2.05) is 0 Å². The summed E-state index contributed by atoms with van der Waals surface area (Å²) in [5.74, 6) is -1.17. The van der Waals surface area contributed by atoms with Gasteiger partial charge < -0.3 is 4.90 Å². The number of nitrogens with zero attached hydrogens (tertiary/aromatic N) is 1. The Bertz CT molecular complexity index is 1140. The molecule has 0 bridgehead atoms. The third-order valence-corrected chi connectivity index (χ3v) is 8.67. The van der Waals surface area contributed by atoms with Crippen LogP contribution in [0, 0.1) is 5.92 Å². The fourth-order valence-electron chi connectivity index (χ4n) is 3.89. The molecule has 0 radical (unpaired) electrons. The smallest absolute Gasteiger partial charge is 0.312 e. The highest BCUT2D eigenvalue weighted by Crippen LogP contribution is 2.41. The lowest BCUT2D eigenvalue weighted by atomic mass is 9.85. The van der Waals surface area contributed by atoms with E-state index in [0.29, 0.717) is 6.07 Å². The van der Waals surface area contributed by atoms with Gasteiger partial charge in [0.1, 0.15) is 0 Å². The Morgan fingerprint density at radius 2 is 1.44 bits per heavy atom. The molecule has 1 atom stereocenters. The maximum Gasteiger partial charge on any atom is 0.416 e. The van der Waals surface area contributed by atoms with Gasteiger partial charge in [0.05, 0.1) is 20.8 Å². The molecule has 0 unspecified atom stereocenters. The van der Waals surface area contributed by atoms with Crippen LogP contribution in [-0.2, 0) is 27.0 Å². The van der Waals surface area contributed by atoms with Gasteiger partial charge in [0, 0.05) is 18.7 Å². The van der Waals surface area contributed by atoms with Gasteiger partial charge in [0.25, 0.3) is 0 Å². The third kappa shape index (κ3) is 5.24. The van der Waals surface area contributed by atoms with E-state index in [2.05, 4.69) is 0 Å². The van der Waals surface area contributed by atoms with Crippen molar-refractivity contribution in [3.63, 3.8) is 0 Å². The second kappa shape index (κ2) is 9.24. The molecule has 1 fully saturated rings. The van der Waals surface area contributed by atoms with Gasteiger partial charge in [-0.2, -0.15) is 26.3 Å². The van der Waals surface area contributed by atoms with E-state index in [1.54, 1.807) is 0 Å². The predicted octanol–water partition coefficient (Wildman–Crippen LogP) is 6.36. The zero-order valence-corrected chi connectivity index (χ0v) is 18.5. The van der Waals surface area contributed by atoms with Crippen LogP contribution in [0.5, 0.6) is 0 Å². The number of carbonyl (C=O) groups is 1. The van der Waals surface area contributed by atoms with E-state index < -0.39 is 54.8 Å². The molecule has 0 saturated carbocycles. The number of sulfone groups is 1. The van der Waals surface area contributed by atoms with E-state index in [0.717, 1.165) is 30.3 Å². The van der Waals surface area contributed by atoms with Crippen LogP contribution < -0.4 is 4.90 Å². The summed E-state index contributed by atoms with van der Waals surface area (Å²) < 4.78 is 102. The van der Waals surface area contributed by atoms with Crippen molar-refractivity contribution in [2.45, 2.75) is 56.1 Å². The minimum atomic E-state index is -4.71. The molecular formula is C23H25F6NO3S. The first-order valence-electron chi connectivity index (χ1n) is 9.94. The summed E-state index contributed by atoms with van der Waals surface area (Å²) in [6, 6.07) is 7.52. The van der Waals surface area contributed by atoms with Crippen LogP contribution in [0.1, 0.15) is 45.2 Å². The van der Waals surface area contributed by atoms with Gasteiger partial charge in [0.15, 0.2) is 9.84 Å². The molecule has 0 aliphatic carbocycles. The Morgan fingerprint density at radius 1 is 0.882 bits per heavy atom. The lowest BCUT2D eigenvalue weighted by molar-refractivity contribution is -0.138. The molecule has 2 aromatic carbocycles. The van der Waals surface area contributed by atoms with Gasteiger partial charge in [-0.05, 0) is 68.7 Å². The van der Waals surface area contributed by atoms with Crippen molar-refractivity contribution >= 4 is 21.4 Å². The molecule has 11 heteroatoms. The van der Waals surface area contributed by atoms with Gasteiger partial charge in [-0.1, -0.05) is 13.5 Å². The molecule has 1 aliphatic heterocycles. The average molecular weight is 510 g/mol. The molecule has 0 spiro atoms. The van der Waals surface area contributed by atoms with Crippen LogP contribution in [0.4, 0.5) is 32.0 Å². The van der Waals surface area contributed by atoms with Gasteiger partial charge >= 0.3 is 12.4 Å². The maximum atomic E-state index is 13.2. The zero-order chi connectivity index (χ0) is 24.8. The Hall–Kier alpha value is -2.56. The molecule has 0 N–H and O–H groups in total. The van der Waals surface area contributed by atoms with Gasteiger partial charge in [-0.3, -0.25) is 4.79 Å². The second-order valence-electron chi connectivity index (χ2n) is 8.41. The first kappa shape index (κ1) is 27.7. The number of benzene rings is 2. The zero-order valence-electron chi connectivity index (χ0n) is 17.7. The number of alkyl halides is 6. The first-order chi connectivity index (χ1) is 15.0. The molecular weight excluding hydrogens is 484 g/mol. The van der Waals surface area contributed by atoms with Crippen molar-refractivity contribution in [2.24, 2.45) is 5.92 Å². The second-order valence-corrected chi connectivity index (χ2v) is 10.9. The minimum absolute atomic E-state index is 0. The lowest BCUT2D eigenvalue weighted by Crippen LogP contribution is -2.48. The fourth-order valence-corrected chi connectivity index (χ4v) is 5.68. The van der Waals surface area contributed by atoms with Crippen molar-refractivity contribution in [1.82, 2.24) is 0 Å². The summed E-state index contributed by atoms with van der Waals surface area (Å²) in [5, 5.41) is 0. The summed E-state index contributed by atoms with van der Waals surface area (Å²) in [6.07, 6.45) is -9.24. The van der Waals surface area contributed by atoms with Crippen molar-refractivity contribution in [1.29, 1.82) is 0 Å². The van der Waals surface area contributed by atoms with Crippen molar-refractivity contribution < 1.29 is 39.6 Å². The monoisotopic (exact) mass is 509 g/mol. The van der Waals surface area contributed by atoms with Crippen molar-refractivity contribution in [3.05, 3.63) is 59.7 Å². The van der Waals surface area contributed by atoms with Gasteiger partial charge in [-0.15, -0.1) is 0 Å². The van der Waals surface area contributed by atoms with Crippen LogP contribution in [0.25, 0.3) is 0 Å². The van der Waals surface area contributed by atoms with E-state index in [-0.39, 0.29) is 32.5 Å². The fraction of sp³-hybridized carbons (Fsp3) is 0.435. The van der Waals surface area contributed by atoms with Crippen LogP contribution in [0.2, 0.25) is 0 Å². The van der Waals surface area contributed by atoms with Crippen LogP contribution in [0.3, 0.4) is 0 Å². The summed E-state index contributed by atoms with van der Waals surface area (Å²) in [7, 11) is -4.24. The number of rotatable bonds is 4. The van der Waals surface area contributed by atoms with E-state index in [9.17, 15) is 39.6 Å². The number of piperidine rings is 1. The number of halogens is 6. The van der Waals surface area contributed by atoms with Gasteiger partial charge in [0.2, 0.25) is 5.91 Å². The van der Waals surface area contributed by atoms with Crippen LogP contribution >= 0.6 is 0 Å². The Balaban J connectivity index is 0.00000408. The topological polar surface area (TPSA) is 54.5 Å². The number of anilines is 1. The molecule has 1 saturated heterocycles. The largest absolute Gasteiger partial charge is 0.416 e. The third-order valence-electron chi connectivity index (χ3n) is 6.08. The Morgan fingerprint density at radius 3 is 1.94 bits per heavy atom. The minimum Gasteiger partial charge on any atom is -0.312 e. The molecule has 2 aromatic rings. The normalized spacial score (nSPS) is 17.9. The SMILES string of the molecule is C.CC(C)([C@H]1CCN(c2ccc(C(F)(F)F)cc2)C(=O)C1)S(=O)(=O)c1cccc(C(F)(F)F)c1. The summed E-state index contributed by atoms with van der Waals surface area (Å²) in [4.78, 5) is 13.5. The maximum absolute atomic E-state index is 13.2. The average Bonchev–Trinajstić information content (AvgIpc) is 2.72. The highest BCUT2D eigenvalue weighted by molar-refractivity contribution is 7.92. The van der Waals surface area contributed by atoms with Gasteiger partial charge in [-0.25, -0.2) is 8.42 Å². The van der Waals surface area contributed by atoms with Crippen LogP contribution in [-0.4, -0.2) is 25.6 Å². The lowest BCUT2D eigenvalue weighted by Gasteiger charge is -2.39. The summed E-state index contributed by atoms with van der Waals surface area (Å²) >= 11 is 0. The quantitative estimate of drug-likeness (QED) is 0.451. The van der Waals surface area contributed by atoms with E-state index in [4.69, 9.17) is 0 Å². The summed E-state index contributed by atoms with van der Waals surface area (Å²) in [6.45, 7) is 2.80. The Kier molecular flexibility index (Phi) is 7.52. The number of hydrogen-bond donors (Lipinski definition) is 0. The molecule has 3 rings (SSSR count). The highest BCUT2D eigenvalue weighted by Gasteiger charge is 2.46. The first-order valence-corrected chi connectivity index (χ1v) is 11.4. The molecule has 1 heterocycles. The molecule has 0 aromatic heterocycles.